The van der Waals surface area contributed by atoms with Gasteiger partial charge in [-0.1, -0.05) is 84.0 Å². The zero-order valence-corrected chi connectivity index (χ0v) is 23.3. The maximum atomic E-state index is 11.9. The van der Waals surface area contributed by atoms with Crippen LogP contribution in [0.1, 0.15) is 135 Å². The van der Waals surface area contributed by atoms with E-state index in [1.807, 2.05) is 7.05 Å². The molecule has 0 spiro atoms. The van der Waals surface area contributed by atoms with Crippen LogP contribution < -0.4 is 5.32 Å². The van der Waals surface area contributed by atoms with E-state index in [-0.39, 0.29) is 5.97 Å². The van der Waals surface area contributed by atoms with Crippen molar-refractivity contribution in [2.24, 2.45) is 0 Å². The van der Waals surface area contributed by atoms with Crippen LogP contribution in [0.4, 0.5) is 0 Å². The van der Waals surface area contributed by atoms with E-state index in [2.05, 4.69) is 17.1 Å². The molecule has 0 bridgehead atoms. The molecule has 35 heavy (non-hydrogen) atoms. The number of ether oxygens (including phenoxy) is 1. The molecule has 0 radical (unpaired) electrons. The van der Waals surface area contributed by atoms with Crippen LogP contribution in [0.5, 0.6) is 0 Å². The zero-order valence-electron chi connectivity index (χ0n) is 23.3. The van der Waals surface area contributed by atoms with E-state index in [1.54, 1.807) is 0 Å². The average Bonchev–Trinajstić information content (AvgIpc) is 2.83. The highest BCUT2D eigenvalue weighted by atomic mass is 16.5. The number of rotatable bonds is 28. The molecule has 0 aromatic rings. The fraction of sp³-hybridized carbons (Fsp3) is 0.931. The highest BCUT2D eigenvalue weighted by Crippen LogP contribution is 2.11. The van der Waals surface area contributed by atoms with Gasteiger partial charge in [0, 0.05) is 12.8 Å². The second-order valence-electron chi connectivity index (χ2n) is 10.1. The van der Waals surface area contributed by atoms with Crippen molar-refractivity contribution in [1.29, 1.82) is 0 Å². The van der Waals surface area contributed by atoms with Crippen LogP contribution >= 0.6 is 0 Å². The molecule has 0 aromatic carbocycles. The summed E-state index contributed by atoms with van der Waals surface area (Å²) < 4.78 is 5.38. The molecule has 0 rings (SSSR count). The van der Waals surface area contributed by atoms with Gasteiger partial charge < -0.3 is 20.1 Å². The van der Waals surface area contributed by atoms with Crippen molar-refractivity contribution < 1.29 is 19.4 Å². The molecule has 2 N–H and O–H groups in total. The van der Waals surface area contributed by atoms with Crippen molar-refractivity contribution >= 4 is 11.9 Å². The molecule has 0 unspecified atom stereocenters. The molecule has 0 aliphatic carbocycles. The van der Waals surface area contributed by atoms with Crippen LogP contribution in [0.15, 0.2) is 0 Å². The minimum Gasteiger partial charge on any atom is -0.481 e. The van der Waals surface area contributed by atoms with Crippen molar-refractivity contribution in [2.45, 2.75) is 135 Å². The van der Waals surface area contributed by atoms with Gasteiger partial charge in [-0.25, -0.2) is 0 Å². The molecule has 0 saturated carbocycles. The Balaban J connectivity index is 3.67. The third kappa shape index (κ3) is 27.3. The van der Waals surface area contributed by atoms with Crippen molar-refractivity contribution in [1.82, 2.24) is 10.2 Å². The number of carbonyl (C=O) groups excluding carboxylic acids is 1. The first-order valence-corrected chi connectivity index (χ1v) is 14.8. The largest absolute Gasteiger partial charge is 0.481 e. The zero-order chi connectivity index (χ0) is 25.8. The van der Waals surface area contributed by atoms with Crippen LogP contribution in [-0.2, 0) is 14.3 Å². The maximum Gasteiger partial charge on any atom is 0.305 e. The Hall–Kier alpha value is -1.14. The molecule has 0 fully saturated rings. The minimum atomic E-state index is -0.681. The minimum absolute atomic E-state index is 0.0188. The molecule has 0 aliphatic rings. The summed E-state index contributed by atoms with van der Waals surface area (Å²) in [4.78, 5) is 25.0. The quantitative estimate of drug-likeness (QED) is 0.0897. The standard InChI is InChI=1S/C29H58N2O4/c1-3-4-5-6-7-14-19-27-35-29(34)22-16-11-9-13-18-25-31(26-20-23-30-2)24-17-12-8-10-15-21-28(32)33/h30H,3-27H2,1-2H3,(H,32,33). The lowest BCUT2D eigenvalue weighted by Crippen LogP contribution is -2.29. The number of esters is 1. The summed E-state index contributed by atoms with van der Waals surface area (Å²) in [5, 5.41) is 11.9. The van der Waals surface area contributed by atoms with Gasteiger partial charge in [0.1, 0.15) is 0 Å². The number of nitrogens with one attached hydrogen (secondary N) is 1. The van der Waals surface area contributed by atoms with Crippen LogP contribution in [0.2, 0.25) is 0 Å². The van der Waals surface area contributed by atoms with Crippen LogP contribution in [-0.4, -0.2) is 61.8 Å². The SMILES string of the molecule is CCCCCCCCCOC(=O)CCCCCCCN(CCCCCCCC(=O)O)CCCNC. The van der Waals surface area contributed by atoms with Crippen molar-refractivity contribution in [3.05, 3.63) is 0 Å². The van der Waals surface area contributed by atoms with Gasteiger partial charge in [0.25, 0.3) is 0 Å². The van der Waals surface area contributed by atoms with Crippen molar-refractivity contribution in [2.75, 3.05) is 39.8 Å². The number of aliphatic carboxylic acids is 1. The average molecular weight is 499 g/mol. The number of hydrogen-bond donors (Lipinski definition) is 2. The predicted molar refractivity (Wildman–Crippen MR) is 147 cm³/mol. The lowest BCUT2D eigenvalue weighted by atomic mass is 10.1. The number of carbonyl (C=O) groups is 2. The summed E-state index contributed by atoms with van der Waals surface area (Å²) in [7, 11) is 2.01. The molecule has 0 saturated heterocycles. The Morgan fingerprint density at radius 1 is 0.657 bits per heavy atom. The van der Waals surface area contributed by atoms with Crippen LogP contribution in [0, 0.1) is 0 Å². The van der Waals surface area contributed by atoms with E-state index in [0.29, 0.717) is 19.4 Å². The van der Waals surface area contributed by atoms with E-state index in [1.165, 1.54) is 77.0 Å². The summed E-state index contributed by atoms with van der Waals surface area (Å²) in [6, 6.07) is 0. The van der Waals surface area contributed by atoms with E-state index in [0.717, 1.165) is 64.7 Å². The first kappa shape index (κ1) is 33.9. The van der Waals surface area contributed by atoms with E-state index < -0.39 is 5.97 Å². The molecular weight excluding hydrogens is 440 g/mol. The Morgan fingerprint density at radius 3 is 1.71 bits per heavy atom. The Kier molecular flexibility index (Phi) is 26.6. The Labute approximate surface area is 216 Å². The highest BCUT2D eigenvalue weighted by molar-refractivity contribution is 5.69. The number of carboxylic acids is 1. The lowest BCUT2D eigenvalue weighted by Gasteiger charge is -2.22. The molecule has 6 heteroatoms. The normalized spacial score (nSPS) is 11.3. The second-order valence-corrected chi connectivity index (χ2v) is 10.1. The molecular formula is C29H58N2O4. The number of unbranched alkanes of at least 4 members (excludes halogenated alkanes) is 14. The van der Waals surface area contributed by atoms with E-state index >= 15 is 0 Å². The van der Waals surface area contributed by atoms with E-state index in [4.69, 9.17) is 9.84 Å². The van der Waals surface area contributed by atoms with Gasteiger partial charge in [0.15, 0.2) is 0 Å². The number of hydrogen-bond acceptors (Lipinski definition) is 5. The lowest BCUT2D eigenvalue weighted by molar-refractivity contribution is -0.144. The fourth-order valence-electron chi connectivity index (χ4n) is 4.41. The molecule has 0 heterocycles. The van der Waals surface area contributed by atoms with E-state index in [9.17, 15) is 9.59 Å². The van der Waals surface area contributed by atoms with Gasteiger partial charge in [-0.05, 0) is 71.8 Å². The molecule has 208 valence electrons. The monoisotopic (exact) mass is 498 g/mol. The van der Waals surface area contributed by atoms with Crippen molar-refractivity contribution in [3.63, 3.8) is 0 Å². The second kappa shape index (κ2) is 27.4. The summed E-state index contributed by atoms with van der Waals surface area (Å²) in [6.45, 7) is 7.33. The molecule has 0 aromatic heterocycles. The number of nitrogens with zero attached hydrogens (tertiary/aromatic N) is 1. The predicted octanol–water partition coefficient (Wildman–Crippen LogP) is 6.96. The molecule has 0 atom stereocenters. The van der Waals surface area contributed by atoms with Gasteiger partial charge in [-0.2, -0.15) is 0 Å². The maximum absolute atomic E-state index is 11.9. The van der Waals surface area contributed by atoms with Crippen LogP contribution in [0.25, 0.3) is 0 Å². The van der Waals surface area contributed by atoms with Gasteiger partial charge in [0.05, 0.1) is 6.61 Å². The third-order valence-corrected chi connectivity index (χ3v) is 6.63. The summed E-state index contributed by atoms with van der Waals surface area (Å²) in [5.74, 6) is -0.700. The fourth-order valence-corrected chi connectivity index (χ4v) is 4.41. The Morgan fingerprint density at radius 2 is 1.14 bits per heavy atom. The van der Waals surface area contributed by atoms with Crippen LogP contribution in [0.3, 0.4) is 0 Å². The molecule has 0 aliphatic heterocycles. The van der Waals surface area contributed by atoms with Gasteiger partial charge in [-0.3, -0.25) is 9.59 Å². The first-order valence-electron chi connectivity index (χ1n) is 14.8. The summed E-state index contributed by atoms with van der Waals surface area (Å²) in [5.41, 5.74) is 0. The summed E-state index contributed by atoms with van der Waals surface area (Å²) >= 11 is 0. The topological polar surface area (TPSA) is 78.9 Å². The summed E-state index contributed by atoms with van der Waals surface area (Å²) in [6.07, 6.45) is 21.8. The molecule has 0 amide bonds. The number of carboxylic acid groups (broad SMARTS) is 1. The first-order chi connectivity index (χ1) is 17.1. The smallest absolute Gasteiger partial charge is 0.305 e. The van der Waals surface area contributed by atoms with Gasteiger partial charge in [-0.15, -0.1) is 0 Å². The van der Waals surface area contributed by atoms with Crippen molar-refractivity contribution in [3.8, 4) is 0 Å². The molecule has 6 nitrogen and oxygen atoms in total. The third-order valence-electron chi connectivity index (χ3n) is 6.63. The van der Waals surface area contributed by atoms with Gasteiger partial charge >= 0.3 is 11.9 Å². The Bertz CT molecular complexity index is 474. The highest BCUT2D eigenvalue weighted by Gasteiger charge is 2.06. The van der Waals surface area contributed by atoms with Gasteiger partial charge in [0.2, 0.25) is 0 Å².